The average Bonchev–Trinajstić information content (AvgIpc) is 2.82. The van der Waals surface area contributed by atoms with E-state index in [0.717, 1.165) is 36.6 Å². The zero-order valence-corrected chi connectivity index (χ0v) is 18.9. The molecular formula is C27H28N4O. The molecular weight excluding hydrogens is 396 g/mol. The number of aryl methyl sites for hydroxylation is 1. The lowest BCUT2D eigenvalue weighted by Crippen LogP contribution is -2.32. The summed E-state index contributed by atoms with van der Waals surface area (Å²) in [5.41, 5.74) is 6.88. The van der Waals surface area contributed by atoms with E-state index in [-0.39, 0.29) is 0 Å². The number of pyridine rings is 1. The Morgan fingerprint density at radius 2 is 1.84 bits per heavy atom. The summed E-state index contributed by atoms with van der Waals surface area (Å²) in [4.78, 5) is 16.4. The fraction of sp³-hybridized carbons (Fsp3) is 0.296. The van der Waals surface area contributed by atoms with Crippen molar-refractivity contribution in [3.8, 4) is 6.01 Å². The van der Waals surface area contributed by atoms with Crippen LogP contribution in [-0.2, 0) is 19.6 Å². The lowest BCUT2D eigenvalue weighted by molar-refractivity contribution is 0.273. The van der Waals surface area contributed by atoms with Crippen molar-refractivity contribution in [1.82, 2.24) is 15.0 Å². The molecule has 0 saturated heterocycles. The van der Waals surface area contributed by atoms with Crippen molar-refractivity contribution < 1.29 is 4.74 Å². The van der Waals surface area contributed by atoms with Crippen LogP contribution in [0.3, 0.4) is 0 Å². The molecule has 2 aromatic heterocycles. The largest absolute Gasteiger partial charge is 0.457 e. The Hall–Kier alpha value is -3.47. The summed E-state index contributed by atoms with van der Waals surface area (Å²) in [6, 6.07) is 19.3. The van der Waals surface area contributed by atoms with Gasteiger partial charge in [0.05, 0.1) is 23.6 Å². The lowest BCUT2D eigenvalue weighted by atomic mass is 9.95. The Morgan fingerprint density at radius 3 is 2.62 bits per heavy atom. The van der Waals surface area contributed by atoms with Gasteiger partial charge in [0.15, 0.2) is 0 Å². The van der Waals surface area contributed by atoms with Crippen LogP contribution in [0.5, 0.6) is 6.01 Å². The highest BCUT2D eigenvalue weighted by atomic mass is 16.5. The summed E-state index contributed by atoms with van der Waals surface area (Å²) in [5.74, 6) is 0.315. The topological polar surface area (TPSA) is 51.1 Å². The normalized spacial score (nSPS) is 13.4. The third kappa shape index (κ3) is 3.91. The Morgan fingerprint density at radius 1 is 1.00 bits per heavy atom. The molecule has 3 heterocycles. The van der Waals surface area contributed by atoms with E-state index in [1.807, 2.05) is 18.2 Å². The van der Waals surface area contributed by atoms with Gasteiger partial charge in [-0.05, 0) is 54.0 Å². The van der Waals surface area contributed by atoms with E-state index in [0.29, 0.717) is 18.5 Å². The molecule has 0 fully saturated rings. The second-order valence-corrected chi connectivity index (χ2v) is 8.70. The van der Waals surface area contributed by atoms with Crippen LogP contribution >= 0.6 is 0 Å². The first-order valence-corrected chi connectivity index (χ1v) is 11.3. The van der Waals surface area contributed by atoms with Gasteiger partial charge in [0.2, 0.25) is 0 Å². The van der Waals surface area contributed by atoms with Crippen molar-refractivity contribution in [2.75, 3.05) is 11.4 Å². The van der Waals surface area contributed by atoms with Gasteiger partial charge in [-0.2, -0.15) is 9.97 Å². The van der Waals surface area contributed by atoms with E-state index >= 15 is 0 Å². The van der Waals surface area contributed by atoms with Gasteiger partial charge in [-0.15, -0.1) is 0 Å². The summed E-state index contributed by atoms with van der Waals surface area (Å²) in [5, 5.41) is 2.60. The third-order valence-electron chi connectivity index (χ3n) is 6.13. The molecule has 4 aromatic rings. The number of rotatable bonds is 5. The molecule has 0 aliphatic carbocycles. The summed E-state index contributed by atoms with van der Waals surface area (Å²) in [6.45, 7) is 8.63. The molecule has 5 heteroatoms. The molecule has 0 amide bonds. The first-order valence-electron chi connectivity index (χ1n) is 11.3. The molecule has 0 atom stereocenters. The second-order valence-electron chi connectivity index (χ2n) is 8.70. The maximum atomic E-state index is 5.98. The van der Waals surface area contributed by atoms with Crippen LogP contribution in [0.4, 0.5) is 5.69 Å². The molecule has 0 unspecified atom stereocenters. The van der Waals surface area contributed by atoms with E-state index in [1.165, 1.54) is 27.6 Å². The highest BCUT2D eigenvalue weighted by molar-refractivity contribution is 5.96. The minimum atomic E-state index is 0.315. The van der Waals surface area contributed by atoms with Gasteiger partial charge < -0.3 is 9.64 Å². The Bertz CT molecular complexity index is 1250. The monoisotopic (exact) mass is 424 g/mol. The predicted molar refractivity (Wildman–Crippen MR) is 128 cm³/mol. The molecule has 0 saturated carbocycles. The van der Waals surface area contributed by atoms with Crippen molar-refractivity contribution in [3.05, 3.63) is 89.0 Å². The van der Waals surface area contributed by atoms with Gasteiger partial charge in [-0.1, -0.05) is 50.2 Å². The molecule has 32 heavy (non-hydrogen) atoms. The van der Waals surface area contributed by atoms with Crippen molar-refractivity contribution >= 4 is 16.5 Å². The highest BCUT2D eigenvalue weighted by Gasteiger charge is 2.25. The predicted octanol–water partition coefficient (Wildman–Crippen LogP) is 5.60. The van der Waals surface area contributed by atoms with Crippen LogP contribution < -0.4 is 9.64 Å². The first-order chi connectivity index (χ1) is 15.6. The SMILES string of the molecule is Cc1cccc2cccc(N3CCc4c(nc(OCc5ccccn5)nc4C(C)C)C3)c12. The molecule has 5 rings (SSSR count). The molecule has 2 aromatic carbocycles. The smallest absolute Gasteiger partial charge is 0.317 e. The first kappa shape index (κ1) is 20.4. The number of ether oxygens (including phenoxy) is 1. The molecule has 5 nitrogen and oxygen atoms in total. The van der Waals surface area contributed by atoms with Crippen molar-refractivity contribution in [2.24, 2.45) is 0 Å². The van der Waals surface area contributed by atoms with Crippen LogP contribution in [-0.4, -0.2) is 21.5 Å². The van der Waals surface area contributed by atoms with Crippen LogP contribution in [0.15, 0.2) is 60.8 Å². The Balaban J connectivity index is 1.49. The maximum absolute atomic E-state index is 5.98. The number of hydrogen-bond acceptors (Lipinski definition) is 5. The minimum Gasteiger partial charge on any atom is -0.457 e. The number of anilines is 1. The maximum Gasteiger partial charge on any atom is 0.317 e. The van der Waals surface area contributed by atoms with E-state index in [1.54, 1.807) is 6.20 Å². The quantitative estimate of drug-likeness (QED) is 0.417. The summed E-state index contributed by atoms with van der Waals surface area (Å²) >= 11 is 0. The molecule has 1 aliphatic rings. The summed E-state index contributed by atoms with van der Waals surface area (Å²) in [6.07, 6.45) is 2.71. The number of hydrogen-bond donors (Lipinski definition) is 0. The summed E-state index contributed by atoms with van der Waals surface area (Å²) < 4.78 is 5.98. The number of aromatic nitrogens is 3. The average molecular weight is 425 g/mol. The lowest BCUT2D eigenvalue weighted by Gasteiger charge is -2.32. The Labute approximate surface area is 189 Å². The van der Waals surface area contributed by atoms with Crippen LogP contribution in [0, 0.1) is 6.92 Å². The van der Waals surface area contributed by atoms with Gasteiger partial charge in [0.25, 0.3) is 0 Å². The molecule has 0 radical (unpaired) electrons. The second kappa shape index (κ2) is 8.58. The van der Waals surface area contributed by atoms with E-state index in [4.69, 9.17) is 14.7 Å². The van der Waals surface area contributed by atoms with Gasteiger partial charge in [0.1, 0.15) is 6.61 Å². The number of nitrogens with zero attached hydrogens (tertiary/aromatic N) is 4. The standard InChI is InChI=1S/C27H28N4O/c1-18(2)26-22-13-15-31(24-12-7-10-20-9-6-8-19(3)25(20)24)16-23(22)29-27(30-26)32-17-21-11-4-5-14-28-21/h4-12,14,18H,13,15-17H2,1-3H3. The third-order valence-corrected chi connectivity index (χ3v) is 6.13. The van der Waals surface area contributed by atoms with Gasteiger partial charge >= 0.3 is 6.01 Å². The van der Waals surface area contributed by atoms with Crippen LogP contribution in [0.1, 0.15) is 48.0 Å². The number of fused-ring (bicyclic) bond motifs is 2. The van der Waals surface area contributed by atoms with Gasteiger partial charge in [-0.25, -0.2) is 0 Å². The van der Waals surface area contributed by atoms with Gasteiger partial charge in [0, 0.05) is 23.8 Å². The number of benzene rings is 2. The van der Waals surface area contributed by atoms with Gasteiger partial charge in [-0.3, -0.25) is 4.98 Å². The molecule has 0 spiro atoms. The molecule has 162 valence electrons. The molecule has 0 N–H and O–H groups in total. The molecule has 1 aliphatic heterocycles. The fourth-order valence-corrected chi connectivity index (χ4v) is 4.57. The van der Waals surface area contributed by atoms with Crippen molar-refractivity contribution in [2.45, 2.75) is 46.3 Å². The van der Waals surface area contributed by atoms with Crippen LogP contribution in [0.2, 0.25) is 0 Å². The Kier molecular flexibility index (Phi) is 5.48. The fourth-order valence-electron chi connectivity index (χ4n) is 4.57. The summed E-state index contributed by atoms with van der Waals surface area (Å²) in [7, 11) is 0. The molecule has 0 bridgehead atoms. The van der Waals surface area contributed by atoms with E-state index in [9.17, 15) is 0 Å². The zero-order chi connectivity index (χ0) is 22.1. The van der Waals surface area contributed by atoms with Crippen molar-refractivity contribution in [1.29, 1.82) is 0 Å². The highest BCUT2D eigenvalue weighted by Crippen LogP contribution is 2.34. The van der Waals surface area contributed by atoms with Crippen molar-refractivity contribution in [3.63, 3.8) is 0 Å². The minimum absolute atomic E-state index is 0.315. The van der Waals surface area contributed by atoms with E-state index < -0.39 is 0 Å². The van der Waals surface area contributed by atoms with Crippen LogP contribution in [0.25, 0.3) is 10.8 Å². The van der Waals surface area contributed by atoms with E-state index in [2.05, 4.69) is 67.1 Å². The zero-order valence-electron chi connectivity index (χ0n) is 18.9.